The quantitative estimate of drug-likeness (QED) is 0.703. The molecule has 0 unspecified atom stereocenters. The number of hydrogen-bond donors (Lipinski definition) is 0. The zero-order chi connectivity index (χ0) is 18.5. The number of sulfonamides is 1. The van der Waals surface area contributed by atoms with Crippen LogP contribution in [0.4, 0.5) is 0 Å². The predicted octanol–water partition coefficient (Wildman–Crippen LogP) is 4.12. The molecular weight excluding hydrogens is 346 g/mol. The second kappa shape index (κ2) is 6.45. The third kappa shape index (κ3) is 3.24. The Kier molecular flexibility index (Phi) is 4.51. The minimum atomic E-state index is -3.49. The van der Waals surface area contributed by atoms with Crippen molar-refractivity contribution < 1.29 is 13.2 Å². The third-order valence-corrected chi connectivity index (χ3v) is 8.96. The van der Waals surface area contributed by atoms with E-state index < -0.39 is 10.0 Å². The van der Waals surface area contributed by atoms with Gasteiger partial charge in [0.25, 0.3) is 0 Å². The molecule has 26 heavy (non-hydrogen) atoms. The van der Waals surface area contributed by atoms with Gasteiger partial charge in [-0.15, -0.1) is 0 Å². The maximum atomic E-state index is 12.9. The standard InChI is InChI=1S/C21H29NO3S/c1-15(23)19-3-5-20(6-4-19)26(24,25)22(2)8-7-21-12-16-9-17(13-21)11-18(10-16)14-21/h3-6,16-18H,7-14H2,1-2H3. The van der Waals surface area contributed by atoms with Crippen LogP contribution in [0.15, 0.2) is 29.2 Å². The van der Waals surface area contributed by atoms with Gasteiger partial charge in [0, 0.05) is 19.2 Å². The Morgan fingerprint density at radius 1 is 1.04 bits per heavy atom. The molecule has 0 saturated heterocycles. The smallest absolute Gasteiger partial charge is 0.242 e. The Bertz CT molecular complexity index is 762. The predicted molar refractivity (Wildman–Crippen MR) is 101 cm³/mol. The van der Waals surface area contributed by atoms with E-state index in [1.807, 2.05) is 0 Å². The Balaban J connectivity index is 1.44. The fraction of sp³-hybridized carbons (Fsp3) is 0.667. The Hall–Kier alpha value is -1.20. The van der Waals surface area contributed by atoms with Crippen molar-refractivity contribution in [3.05, 3.63) is 29.8 Å². The summed E-state index contributed by atoms with van der Waals surface area (Å²) in [6, 6.07) is 6.30. The summed E-state index contributed by atoms with van der Waals surface area (Å²) in [5.74, 6) is 2.62. The van der Waals surface area contributed by atoms with E-state index in [1.165, 1.54) is 49.8 Å². The monoisotopic (exact) mass is 375 g/mol. The molecule has 0 heterocycles. The summed E-state index contributed by atoms with van der Waals surface area (Å²) in [6.07, 6.45) is 9.14. The molecule has 0 spiro atoms. The maximum Gasteiger partial charge on any atom is 0.242 e. The maximum absolute atomic E-state index is 12.9. The average molecular weight is 376 g/mol. The highest BCUT2D eigenvalue weighted by atomic mass is 32.2. The van der Waals surface area contributed by atoms with E-state index in [9.17, 15) is 13.2 Å². The van der Waals surface area contributed by atoms with Gasteiger partial charge in [0.1, 0.15) is 0 Å². The lowest BCUT2D eigenvalue weighted by molar-refractivity contribution is -0.0583. The fourth-order valence-electron chi connectivity index (χ4n) is 6.15. The molecule has 0 amide bonds. The molecule has 4 fully saturated rings. The van der Waals surface area contributed by atoms with Crippen LogP contribution in [-0.4, -0.2) is 32.1 Å². The van der Waals surface area contributed by atoms with Crippen LogP contribution in [0, 0.1) is 23.2 Å². The fourth-order valence-corrected chi connectivity index (χ4v) is 7.32. The molecule has 0 aromatic heterocycles. The van der Waals surface area contributed by atoms with Crippen molar-refractivity contribution in [1.29, 1.82) is 0 Å². The highest BCUT2D eigenvalue weighted by Crippen LogP contribution is 2.61. The molecule has 4 saturated carbocycles. The van der Waals surface area contributed by atoms with Gasteiger partial charge in [0.2, 0.25) is 10.0 Å². The Morgan fingerprint density at radius 3 is 2.00 bits per heavy atom. The number of hydrogen-bond acceptors (Lipinski definition) is 3. The summed E-state index contributed by atoms with van der Waals surface area (Å²) < 4.78 is 27.3. The first kappa shape index (κ1) is 18.2. The lowest BCUT2D eigenvalue weighted by atomic mass is 9.49. The number of ketones is 1. The molecule has 4 aliphatic rings. The largest absolute Gasteiger partial charge is 0.295 e. The van der Waals surface area contributed by atoms with Gasteiger partial charge >= 0.3 is 0 Å². The van der Waals surface area contributed by atoms with Crippen molar-refractivity contribution in [1.82, 2.24) is 4.31 Å². The molecule has 0 N–H and O–H groups in total. The van der Waals surface area contributed by atoms with Crippen LogP contribution < -0.4 is 0 Å². The van der Waals surface area contributed by atoms with Crippen LogP contribution in [0.2, 0.25) is 0 Å². The zero-order valence-corrected chi connectivity index (χ0v) is 16.6. The zero-order valence-electron chi connectivity index (χ0n) is 15.8. The van der Waals surface area contributed by atoms with Crippen molar-refractivity contribution in [2.45, 2.75) is 56.8 Å². The van der Waals surface area contributed by atoms with Gasteiger partial charge in [-0.25, -0.2) is 12.7 Å². The van der Waals surface area contributed by atoms with Gasteiger partial charge in [-0.2, -0.15) is 0 Å². The number of carbonyl (C=O) groups is 1. The summed E-state index contributed by atoms with van der Waals surface area (Å²) in [6.45, 7) is 2.07. The topological polar surface area (TPSA) is 54.5 Å². The minimum absolute atomic E-state index is 0.0517. The molecular formula is C21H29NO3S. The first-order valence-electron chi connectivity index (χ1n) is 9.85. The number of Topliss-reactive ketones (excluding diaryl/α,β-unsaturated/α-hetero) is 1. The summed E-state index contributed by atoms with van der Waals surface area (Å²) in [5.41, 5.74) is 0.928. The van der Waals surface area contributed by atoms with Gasteiger partial charge < -0.3 is 0 Å². The molecule has 0 atom stereocenters. The molecule has 1 aromatic carbocycles. The van der Waals surface area contributed by atoms with Gasteiger partial charge in [-0.3, -0.25) is 4.79 Å². The molecule has 142 valence electrons. The van der Waals surface area contributed by atoms with E-state index in [4.69, 9.17) is 0 Å². The molecule has 0 aliphatic heterocycles. The van der Waals surface area contributed by atoms with E-state index in [1.54, 1.807) is 31.3 Å². The Morgan fingerprint density at radius 2 is 1.54 bits per heavy atom. The van der Waals surface area contributed by atoms with E-state index in [0.29, 0.717) is 17.5 Å². The van der Waals surface area contributed by atoms with Crippen LogP contribution in [0.25, 0.3) is 0 Å². The number of nitrogens with zero attached hydrogens (tertiary/aromatic N) is 1. The van der Waals surface area contributed by atoms with Gasteiger partial charge in [-0.05, 0) is 87.2 Å². The van der Waals surface area contributed by atoms with Gasteiger partial charge in [0.05, 0.1) is 4.90 Å². The average Bonchev–Trinajstić information content (AvgIpc) is 2.58. The van der Waals surface area contributed by atoms with Gasteiger partial charge in [-0.1, -0.05) is 12.1 Å². The van der Waals surface area contributed by atoms with E-state index >= 15 is 0 Å². The molecule has 5 rings (SSSR count). The molecule has 1 aromatic rings. The van der Waals surface area contributed by atoms with Crippen molar-refractivity contribution in [2.24, 2.45) is 23.2 Å². The van der Waals surface area contributed by atoms with Crippen molar-refractivity contribution in [3.8, 4) is 0 Å². The molecule has 0 radical (unpaired) electrons. The molecule has 5 heteroatoms. The van der Waals surface area contributed by atoms with Crippen LogP contribution >= 0.6 is 0 Å². The summed E-state index contributed by atoms with van der Waals surface area (Å²) in [5, 5.41) is 0. The third-order valence-electron chi connectivity index (χ3n) is 7.09. The van der Waals surface area contributed by atoms with Crippen LogP contribution in [-0.2, 0) is 10.0 Å². The molecule has 4 nitrogen and oxygen atoms in total. The van der Waals surface area contributed by atoms with Crippen LogP contribution in [0.3, 0.4) is 0 Å². The Labute approximate surface area is 157 Å². The van der Waals surface area contributed by atoms with Crippen molar-refractivity contribution in [2.75, 3.05) is 13.6 Å². The highest BCUT2D eigenvalue weighted by molar-refractivity contribution is 7.89. The second-order valence-corrected chi connectivity index (χ2v) is 11.1. The number of carbonyl (C=O) groups excluding carboxylic acids is 1. The SMILES string of the molecule is CC(=O)c1ccc(S(=O)(=O)N(C)CCC23CC4CC(CC(C4)C2)C3)cc1. The van der Waals surface area contributed by atoms with Crippen LogP contribution in [0.1, 0.15) is 62.2 Å². The van der Waals surface area contributed by atoms with Crippen LogP contribution in [0.5, 0.6) is 0 Å². The lowest BCUT2D eigenvalue weighted by Crippen LogP contribution is -2.47. The number of rotatable bonds is 6. The van der Waals surface area contributed by atoms with Crippen molar-refractivity contribution >= 4 is 15.8 Å². The first-order chi connectivity index (χ1) is 12.3. The van der Waals surface area contributed by atoms with E-state index in [-0.39, 0.29) is 10.7 Å². The van der Waals surface area contributed by atoms with Crippen molar-refractivity contribution in [3.63, 3.8) is 0 Å². The minimum Gasteiger partial charge on any atom is -0.295 e. The van der Waals surface area contributed by atoms with Gasteiger partial charge in [0.15, 0.2) is 5.78 Å². The summed E-state index contributed by atoms with van der Waals surface area (Å²) in [4.78, 5) is 11.7. The highest BCUT2D eigenvalue weighted by Gasteiger charge is 2.50. The lowest BCUT2D eigenvalue weighted by Gasteiger charge is -2.57. The van der Waals surface area contributed by atoms with E-state index in [2.05, 4.69) is 0 Å². The first-order valence-corrected chi connectivity index (χ1v) is 11.3. The summed E-state index contributed by atoms with van der Waals surface area (Å²) in [7, 11) is -1.80. The number of benzene rings is 1. The second-order valence-electron chi connectivity index (χ2n) is 9.07. The van der Waals surface area contributed by atoms with E-state index in [0.717, 1.165) is 24.2 Å². The normalized spacial score (nSPS) is 33.0. The summed E-state index contributed by atoms with van der Waals surface area (Å²) >= 11 is 0. The molecule has 4 aliphatic carbocycles. The molecule has 4 bridgehead atoms.